The number of carbonyl (C=O) groups excluding carboxylic acids is 1. The van der Waals surface area contributed by atoms with Crippen LogP contribution in [-0.2, 0) is 4.79 Å². The standard InChI is InChI=1S/C22H23Cl2FN2O3/c1-15(26-22(28)14-29-17-4-2-16(23)3-5-17)8-10-27-11-9-19(13-27)30-18-6-7-20(24)21(25)12-18/h2-7,12,19H,1,8-11,13-14H2,(H,26,28). The van der Waals surface area contributed by atoms with E-state index in [2.05, 4.69) is 16.8 Å². The van der Waals surface area contributed by atoms with E-state index in [1.165, 1.54) is 12.1 Å². The van der Waals surface area contributed by atoms with E-state index in [9.17, 15) is 9.18 Å². The number of benzene rings is 2. The molecule has 0 spiro atoms. The van der Waals surface area contributed by atoms with Gasteiger partial charge in [-0.1, -0.05) is 29.8 Å². The second kappa shape index (κ2) is 10.7. The Morgan fingerprint density at radius 2 is 1.93 bits per heavy atom. The van der Waals surface area contributed by atoms with Crippen LogP contribution in [0, 0.1) is 5.82 Å². The maximum Gasteiger partial charge on any atom is 0.262 e. The van der Waals surface area contributed by atoms with Gasteiger partial charge in [-0.3, -0.25) is 9.69 Å². The van der Waals surface area contributed by atoms with Gasteiger partial charge in [-0.2, -0.15) is 0 Å². The predicted molar refractivity (Wildman–Crippen MR) is 116 cm³/mol. The van der Waals surface area contributed by atoms with Crippen LogP contribution < -0.4 is 14.8 Å². The van der Waals surface area contributed by atoms with Crippen LogP contribution in [0.4, 0.5) is 4.39 Å². The fourth-order valence-corrected chi connectivity index (χ4v) is 3.35. The third-order valence-electron chi connectivity index (χ3n) is 4.65. The van der Waals surface area contributed by atoms with Crippen LogP contribution >= 0.6 is 23.2 Å². The van der Waals surface area contributed by atoms with Gasteiger partial charge in [0.15, 0.2) is 6.61 Å². The van der Waals surface area contributed by atoms with Crippen LogP contribution in [0.25, 0.3) is 0 Å². The summed E-state index contributed by atoms with van der Waals surface area (Å²) in [6.45, 7) is 6.14. The summed E-state index contributed by atoms with van der Waals surface area (Å²) in [5.74, 6) is 0.295. The van der Waals surface area contributed by atoms with Crippen molar-refractivity contribution in [2.45, 2.75) is 18.9 Å². The molecular formula is C22H23Cl2FN2O3. The van der Waals surface area contributed by atoms with Crippen molar-refractivity contribution in [3.8, 4) is 11.5 Å². The topological polar surface area (TPSA) is 50.8 Å². The number of halogens is 3. The molecule has 0 bridgehead atoms. The zero-order chi connectivity index (χ0) is 21.5. The summed E-state index contributed by atoms with van der Waals surface area (Å²) in [6, 6.07) is 11.3. The van der Waals surface area contributed by atoms with Crippen LogP contribution in [0.2, 0.25) is 10.0 Å². The lowest BCUT2D eigenvalue weighted by atomic mass is 10.3. The summed E-state index contributed by atoms with van der Waals surface area (Å²) in [6.07, 6.45) is 1.45. The van der Waals surface area contributed by atoms with Crippen molar-refractivity contribution in [2.24, 2.45) is 0 Å². The summed E-state index contributed by atoms with van der Waals surface area (Å²) in [4.78, 5) is 14.2. The Morgan fingerprint density at radius 1 is 1.20 bits per heavy atom. The highest BCUT2D eigenvalue weighted by Crippen LogP contribution is 2.23. The summed E-state index contributed by atoms with van der Waals surface area (Å²) in [7, 11) is 0. The average Bonchev–Trinajstić information content (AvgIpc) is 3.16. The number of rotatable bonds is 9. The Labute approximate surface area is 185 Å². The molecule has 160 valence electrons. The lowest BCUT2D eigenvalue weighted by Gasteiger charge is -2.18. The first-order valence-electron chi connectivity index (χ1n) is 9.59. The minimum absolute atomic E-state index is 0.0128. The average molecular weight is 453 g/mol. The molecule has 0 aliphatic carbocycles. The van der Waals surface area contributed by atoms with E-state index in [0.29, 0.717) is 28.6 Å². The van der Waals surface area contributed by atoms with Gasteiger partial charge in [-0.15, -0.1) is 0 Å². The highest BCUT2D eigenvalue weighted by molar-refractivity contribution is 6.30. The highest BCUT2D eigenvalue weighted by atomic mass is 35.5. The van der Waals surface area contributed by atoms with Gasteiger partial charge in [0, 0.05) is 36.4 Å². The maximum absolute atomic E-state index is 13.5. The van der Waals surface area contributed by atoms with Gasteiger partial charge in [0.25, 0.3) is 5.91 Å². The van der Waals surface area contributed by atoms with Crippen LogP contribution in [0.15, 0.2) is 54.7 Å². The first kappa shape index (κ1) is 22.4. The number of ether oxygens (including phenoxy) is 2. The van der Waals surface area contributed by atoms with Crippen molar-refractivity contribution in [1.29, 1.82) is 0 Å². The van der Waals surface area contributed by atoms with Gasteiger partial charge in [0.2, 0.25) is 0 Å². The SMILES string of the molecule is C=C(CCN1CCC(Oc2ccc(Cl)c(F)c2)C1)NC(=O)COc1ccc(Cl)cc1. The molecule has 1 amide bonds. The van der Waals surface area contributed by atoms with Gasteiger partial charge < -0.3 is 14.8 Å². The molecule has 1 unspecified atom stereocenters. The van der Waals surface area contributed by atoms with Crippen LogP contribution in [0.5, 0.6) is 11.5 Å². The Hall–Kier alpha value is -2.28. The van der Waals surface area contributed by atoms with E-state index in [-0.39, 0.29) is 23.6 Å². The molecular weight excluding hydrogens is 430 g/mol. The molecule has 2 aromatic carbocycles. The van der Waals surface area contributed by atoms with Crippen molar-refractivity contribution in [3.05, 3.63) is 70.6 Å². The van der Waals surface area contributed by atoms with E-state index in [4.69, 9.17) is 32.7 Å². The second-order valence-electron chi connectivity index (χ2n) is 7.05. The van der Waals surface area contributed by atoms with Crippen LogP contribution in [0.3, 0.4) is 0 Å². The molecule has 1 aliphatic rings. The molecule has 1 N–H and O–H groups in total. The number of carbonyl (C=O) groups is 1. The Bertz CT molecular complexity index is 892. The minimum Gasteiger partial charge on any atom is -0.489 e. The molecule has 3 rings (SSSR count). The van der Waals surface area contributed by atoms with Crippen LogP contribution in [0.1, 0.15) is 12.8 Å². The Morgan fingerprint density at radius 3 is 2.67 bits per heavy atom. The smallest absolute Gasteiger partial charge is 0.262 e. The minimum atomic E-state index is -0.490. The van der Waals surface area contributed by atoms with Gasteiger partial charge in [-0.25, -0.2) is 4.39 Å². The van der Waals surface area contributed by atoms with E-state index >= 15 is 0 Å². The monoisotopic (exact) mass is 452 g/mol. The first-order valence-corrected chi connectivity index (χ1v) is 10.3. The van der Waals surface area contributed by atoms with E-state index in [1.807, 2.05) is 0 Å². The Kier molecular flexibility index (Phi) is 7.96. The van der Waals surface area contributed by atoms with Crippen molar-refractivity contribution in [3.63, 3.8) is 0 Å². The molecule has 0 aromatic heterocycles. The maximum atomic E-state index is 13.5. The van der Waals surface area contributed by atoms with Crippen molar-refractivity contribution < 1.29 is 18.7 Å². The number of nitrogens with zero attached hydrogens (tertiary/aromatic N) is 1. The van der Waals surface area contributed by atoms with Crippen molar-refractivity contribution in [2.75, 3.05) is 26.2 Å². The van der Waals surface area contributed by atoms with E-state index in [1.54, 1.807) is 30.3 Å². The molecule has 8 heteroatoms. The second-order valence-corrected chi connectivity index (χ2v) is 7.89. The molecule has 5 nitrogen and oxygen atoms in total. The van der Waals surface area contributed by atoms with Crippen molar-refractivity contribution in [1.82, 2.24) is 10.2 Å². The number of nitrogens with one attached hydrogen (secondary N) is 1. The summed E-state index contributed by atoms with van der Waals surface area (Å²) in [5.41, 5.74) is 0.629. The number of hydrogen-bond acceptors (Lipinski definition) is 4. The molecule has 2 aromatic rings. The lowest BCUT2D eigenvalue weighted by Crippen LogP contribution is -2.31. The Balaban J connectivity index is 1.34. The number of hydrogen-bond donors (Lipinski definition) is 1. The summed E-state index contributed by atoms with van der Waals surface area (Å²) >= 11 is 11.5. The number of amides is 1. The van der Waals surface area contributed by atoms with Crippen LogP contribution in [-0.4, -0.2) is 43.2 Å². The normalized spacial score (nSPS) is 16.3. The first-order chi connectivity index (χ1) is 14.4. The quantitative estimate of drug-likeness (QED) is 0.599. The van der Waals surface area contributed by atoms with Gasteiger partial charge in [0.1, 0.15) is 23.4 Å². The van der Waals surface area contributed by atoms with E-state index < -0.39 is 5.82 Å². The molecule has 0 radical (unpaired) electrons. The molecule has 1 aliphatic heterocycles. The zero-order valence-corrected chi connectivity index (χ0v) is 17.9. The van der Waals surface area contributed by atoms with Crippen molar-refractivity contribution >= 4 is 29.1 Å². The largest absolute Gasteiger partial charge is 0.489 e. The zero-order valence-electron chi connectivity index (χ0n) is 16.4. The van der Waals surface area contributed by atoms with E-state index in [0.717, 1.165) is 26.1 Å². The molecule has 1 saturated heterocycles. The molecule has 1 heterocycles. The highest BCUT2D eigenvalue weighted by Gasteiger charge is 2.24. The molecule has 0 saturated carbocycles. The molecule has 1 atom stereocenters. The molecule has 30 heavy (non-hydrogen) atoms. The summed E-state index contributed by atoms with van der Waals surface area (Å²) in [5, 5.41) is 3.44. The van der Waals surface area contributed by atoms with Gasteiger partial charge in [0.05, 0.1) is 5.02 Å². The molecule has 1 fully saturated rings. The predicted octanol–water partition coefficient (Wildman–Crippen LogP) is 4.68. The van der Waals surface area contributed by atoms with Gasteiger partial charge >= 0.3 is 0 Å². The lowest BCUT2D eigenvalue weighted by molar-refractivity contribution is -0.122. The fraction of sp³-hybridized carbons (Fsp3) is 0.318. The third-order valence-corrected chi connectivity index (χ3v) is 5.21. The third kappa shape index (κ3) is 6.90. The van der Waals surface area contributed by atoms with Gasteiger partial charge in [-0.05, 0) is 49.2 Å². The fourth-order valence-electron chi connectivity index (χ4n) is 3.11. The number of likely N-dealkylation sites (tertiary alicyclic amines) is 1. The summed E-state index contributed by atoms with van der Waals surface area (Å²) < 4.78 is 24.8.